The van der Waals surface area contributed by atoms with Crippen molar-refractivity contribution in [2.45, 2.75) is 13.0 Å². The van der Waals surface area contributed by atoms with Crippen LogP contribution >= 0.6 is 0 Å². The quantitative estimate of drug-likeness (QED) is 0.677. The molecule has 116 valence electrons. The Morgan fingerprint density at radius 3 is 2.78 bits per heavy atom. The average Bonchev–Trinajstić information content (AvgIpc) is 3.06. The standard InChI is InChI=1S/C17H14N2O4/c1-12(23-16(20)9-8-14-6-4-10-22-14)17(21)19-15-7-3-2-5-13(15)11-18/h2-10,12H,1H3,(H,19,21)/b9-8+/t12-/m1/s1. The van der Waals surface area contributed by atoms with E-state index in [9.17, 15) is 9.59 Å². The number of esters is 1. The van der Waals surface area contributed by atoms with E-state index in [4.69, 9.17) is 14.4 Å². The summed E-state index contributed by atoms with van der Waals surface area (Å²) in [5.41, 5.74) is 0.700. The fourth-order valence-corrected chi connectivity index (χ4v) is 1.73. The lowest BCUT2D eigenvalue weighted by molar-refractivity contribution is -0.148. The fraction of sp³-hybridized carbons (Fsp3) is 0.118. The summed E-state index contributed by atoms with van der Waals surface area (Å²) in [7, 11) is 0. The van der Waals surface area contributed by atoms with Crippen molar-refractivity contribution in [2.24, 2.45) is 0 Å². The molecule has 0 radical (unpaired) electrons. The minimum atomic E-state index is -1.00. The highest BCUT2D eigenvalue weighted by molar-refractivity contribution is 5.97. The summed E-state index contributed by atoms with van der Waals surface area (Å²) in [4.78, 5) is 23.7. The van der Waals surface area contributed by atoms with Crippen LogP contribution in [0.1, 0.15) is 18.2 Å². The topological polar surface area (TPSA) is 92.3 Å². The molecule has 0 aliphatic carbocycles. The largest absolute Gasteiger partial charge is 0.465 e. The van der Waals surface area contributed by atoms with E-state index in [-0.39, 0.29) is 0 Å². The summed E-state index contributed by atoms with van der Waals surface area (Å²) in [6.07, 6.45) is 3.09. The zero-order valence-corrected chi connectivity index (χ0v) is 12.4. The Labute approximate surface area is 133 Å². The van der Waals surface area contributed by atoms with Gasteiger partial charge in [0.05, 0.1) is 17.5 Å². The molecule has 0 saturated carbocycles. The van der Waals surface area contributed by atoms with Crippen LogP contribution in [0, 0.1) is 11.3 Å². The molecule has 1 amide bonds. The highest BCUT2D eigenvalue weighted by Gasteiger charge is 2.17. The van der Waals surface area contributed by atoms with Gasteiger partial charge in [-0.25, -0.2) is 4.79 Å². The van der Waals surface area contributed by atoms with Gasteiger partial charge in [0.2, 0.25) is 0 Å². The van der Waals surface area contributed by atoms with E-state index in [0.29, 0.717) is 17.0 Å². The number of hydrogen-bond acceptors (Lipinski definition) is 5. The highest BCUT2D eigenvalue weighted by atomic mass is 16.5. The number of nitriles is 1. The van der Waals surface area contributed by atoms with Crippen LogP contribution in [0.15, 0.2) is 53.2 Å². The number of rotatable bonds is 5. The van der Waals surface area contributed by atoms with Gasteiger partial charge in [-0.05, 0) is 37.3 Å². The van der Waals surface area contributed by atoms with Gasteiger partial charge in [-0.2, -0.15) is 5.26 Å². The molecule has 1 atom stereocenters. The Morgan fingerprint density at radius 1 is 1.30 bits per heavy atom. The second-order valence-electron chi connectivity index (χ2n) is 4.57. The number of nitrogens with one attached hydrogen (secondary N) is 1. The van der Waals surface area contributed by atoms with Crippen molar-refractivity contribution in [2.75, 3.05) is 5.32 Å². The van der Waals surface area contributed by atoms with E-state index in [0.717, 1.165) is 0 Å². The summed E-state index contributed by atoms with van der Waals surface area (Å²) in [6, 6.07) is 11.9. The van der Waals surface area contributed by atoms with Crippen molar-refractivity contribution in [3.63, 3.8) is 0 Å². The van der Waals surface area contributed by atoms with Gasteiger partial charge in [-0.1, -0.05) is 12.1 Å². The van der Waals surface area contributed by atoms with Crippen LogP contribution in [0.25, 0.3) is 6.08 Å². The Balaban J connectivity index is 1.92. The molecular formula is C17H14N2O4. The van der Waals surface area contributed by atoms with Crippen molar-refractivity contribution >= 4 is 23.6 Å². The number of amides is 1. The lowest BCUT2D eigenvalue weighted by Crippen LogP contribution is -2.29. The van der Waals surface area contributed by atoms with Crippen molar-refractivity contribution in [1.29, 1.82) is 5.26 Å². The zero-order chi connectivity index (χ0) is 16.7. The van der Waals surface area contributed by atoms with E-state index in [1.54, 1.807) is 36.4 Å². The fourth-order valence-electron chi connectivity index (χ4n) is 1.73. The van der Waals surface area contributed by atoms with Crippen LogP contribution in [-0.4, -0.2) is 18.0 Å². The first-order valence-electron chi connectivity index (χ1n) is 6.82. The second-order valence-corrected chi connectivity index (χ2v) is 4.57. The molecule has 1 aromatic heterocycles. The van der Waals surface area contributed by atoms with Crippen LogP contribution in [0.3, 0.4) is 0 Å². The molecule has 0 bridgehead atoms. The highest BCUT2D eigenvalue weighted by Crippen LogP contribution is 2.14. The molecule has 6 nitrogen and oxygen atoms in total. The van der Waals surface area contributed by atoms with Gasteiger partial charge in [-0.3, -0.25) is 4.79 Å². The molecule has 6 heteroatoms. The number of anilines is 1. The maximum atomic E-state index is 12.0. The molecule has 1 heterocycles. The molecule has 0 saturated heterocycles. The average molecular weight is 310 g/mol. The monoisotopic (exact) mass is 310 g/mol. The second kappa shape index (κ2) is 7.61. The number of ether oxygens (including phenoxy) is 1. The third-order valence-electron chi connectivity index (χ3n) is 2.89. The Hall–Kier alpha value is -3.33. The molecule has 1 aromatic carbocycles. The van der Waals surface area contributed by atoms with Crippen molar-refractivity contribution < 1.29 is 18.7 Å². The Kier molecular flexibility index (Phi) is 5.31. The van der Waals surface area contributed by atoms with E-state index >= 15 is 0 Å². The lowest BCUT2D eigenvalue weighted by atomic mass is 10.2. The minimum Gasteiger partial charge on any atom is -0.465 e. The molecule has 0 aliphatic heterocycles. The summed E-state index contributed by atoms with van der Waals surface area (Å²) in [6.45, 7) is 1.45. The number of carbonyl (C=O) groups is 2. The van der Waals surface area contributed by atoms with Crippen molar-refractivity contribution in [1.82, 2.24) is 0 Å². The van der Waals surface area contributed by atoms with Crippen molar-refractivity contribution in [3.05, 3.63) is 60.1 Å². The summed E-state index contributed by atoms with van der Waals surface area (Å²) >= 11 is 0. The number of furan rings is 1. The third kappa shape index (κ3) is 4.58. The number of nitrogens with zero attached hydrogens (tertiary/aromatic N) is 1. The lowest BCUT2D eigenvalue weighted by Gasteiger charge is -2.13. The molecule has 0 fully saturated rings. The van der Waals surface area contributed by atoms with Crippen molar-refractivity contribution in [3.8, 4) is 6.07 Å². The van der Waals surface area contributed by atoms with E-state index in [1.165, 1.54) is 25.3 Å². The van der Waals surface area contributed by atoms with Crippen LogP contribution in [0.5, 0.6) is 0 Å². The number of para-hydroxylation sites is 1. The zero-order valence-electron chi connectivity index (χ0n) is 12.4. The number of benzene rings is 1. The number of carbonyl (C=O) groups excluding carboxylic acids is 2. The van der Waals surface area contributed by atoms with Gasteiger partial charge in [0.15, 0.2) is 6.10 Å². The molecule has 23 heavy (non-hydrogen) atoms. The summed E-state index contributed by atoms with van der Waals surface area (Å²) in [5.74, 6) is -0.688. The maximum Gasteiger partial charge on any atom is 0.331 e. The predicted molar refractivity (Wildman–Crippen MR) is 83.1 cm³/mol. The van der Waals surface area contributed by atoms with Gasteiger partial charge in [0.1, 0.15) is 11.8 Å². The third-order valence-corrected chi connectivity index (χ3v) is 2.89. The Morgan fingerprint density at radius 2 is 2.09 bits per heavy atom. The normalized spacial score (nSPS) is 11.7. The molecule has 0 spiro atoms. The molecular weight excluding hydrogens is 296 g/mol. The van der Waals surface area contributed by atoms with E-state index < -0.39 is 18.0 Å². The van der Waals surface area contributed by atoms with Gasteiger partial charge in [-0.15, -0.1) is 0 Å². The smallest absolute Gasteiger partial charge is 0.331 e. The van der Waals surface area contributed by atoms with Gasteiger partial charge in [0, 0.05) is 6.08 Å². The minimum absolute atomic E-state index is 0.331. The first-order chi connectivity index (χ1) is 11.1. The number of hydrogen-bond donors (Lipinski definition) is 1. The molecule has 2 aromatic rings. The van der Waals surface area contributed by atoms with Crippen LogP contribution in [-0.2, 0) is 14.3 Å². The summed E-state index contributed by atoms with van der Waals surface area (Å²) < 4.78 is 10.0. The maximum absolute atomic E-state index is 12.0. The van der Waals surface area contributed by atoms with E-state index in [1.807, 2.05) is 6.07 Å². The van der Waals surface area contributed by atoms with Crippen LogP contribution in [0.2, 0.25) is 0 Å². The van der Waals surface area contributed by atoms with Gasteiger partial charge < -0.3 is 14.5 Å². The van der Waals surface area contributed by atoms with E-state index in [2.05, 4.69) is 5.32 Å². The first kappa shape index (κ1) is 16.0. The predicted octanol–water partition coefficient (Wildman–Crippen LogP) is 2.73. The molecule has 0 unspecified atom stereocenters. The molecule has 0 aliphatic rings. The molecule has 1 N–H and O–H groups in total. The Bertz CT molecular complexity index is 757. The first-order valence-corrected chi connectivity index (χ1v) is 6.82. The van der Waals surface area contributed by atoms with Gasteiger partial charge in [0.25, 0.3) is 5.91 Å². The van der Waals surface area contributed by atoms with Crippen LogP contribution < -0.4 is 5.32 Å². The summed E-state index contributed by atoms with van der Waals surface area (Å²) in [5, 5.41) is 11.5. The van der Waals surface area contributed by atoms with Gasteiger partial charge >= 0.3 is 5.97 Å². The SMILES string of the molecule is C[C@@H](OC(=O)/C=C/c1ccco1)C(=O)Nc1ccccc1C#N. The molecule has 2 rings (SSSR count). The van der Waals surface area contributed by atoms with Crippen LogP contribution in [0.4, 0.5) is 5.69 Å².